The largest absolute Gasteiger partial charge is 0.497 e. The Bertz CT molecular complexity index is 1700. The van der Waals surface area contributed by atoms with Crippen LogP contribution >= 0.6 is 0 Å². The lowest BCUT2D eigenvalue weighted by atomic mass is 9.88. The molecule has 3 aromatic carbocycles. The van der Waals surface area contributed by atoms with Crippen LogP contribution in [0.2, 0.25) is 0 Å². The number of carbonyl (C=O) groups is 2. The highest BCUT2D eigenvalue weighted by atomic mass is 19.1. The molecule has 1 aliphatic heterocycles. The summed E-state index contributed by atoms with van der Waals surface area (Å²) in [6.45, 7) is 1.84. The number of ether oxygens (including phenoxy) is 1. The first kappa shape index (κ1) is 22.7. The quantitative estimate of drug-likeness (QED) is 0.334. The lowest BCUT2D eigenvalue weighted by Crippen LogP contribution is -2.52. The minimum atomic E-state index is -1.37. The maximum atomic E-state index is 14.1. The van der Waals surface area contributed by atoms with Gasteiger partial charge in [0.1, 0.15) is 22.8 Å². The lowest BCUT2D eigenvalue weighted by molar-refractivity contribution is -0.123. The molecule has 0 spiro atoms. The molecule has 1 unspecified atom stereocenters. The van der Waals surface area contributed by atoms with E-state index in [9.17, 15) is 14.0 Å². The second-order valence-corrected chi connectivity index (χ2v) is 9.00. The predicted octanol–water partition coefficient (Wildman–Crippen LogP) is 5.58. The second kappa shape index (κ2) is 8.44. The van der Waals surface area contributed by atoms with Crippen molar-refractivity contribution in [1.82, 2.24) is 15.3 Å². The third kappa shape index (κ3) is 3.44. The number of halogens is 1. The Hall–Kier alpha value is -4.72. The number of nitrogens with one attached hydrogen (secondary N) is 2. The van der Waals surface area contributed by atoms with E-state index in [4.69, 9.17) is 4.74 Å². The van der Waals surface area contributed by atoms with Gasteiger partial charge in [0.2, 0.25) is 0 Å². The Labute approximate surface area is 211 Å². The highest BCUT2D eigenvalue weighted by Gasteiger charge is 2.51. The number of carbonyl (C=O) groups excluding carboxylic acids is 2. The van der Waals surface area contributed by atoms with Gasteiger partial charge in [0, 0.05) is 27.5 Å². The molecule has 0 aliphatic carbocycles. The van der Waals surface area contributed by atoms with E-state index >= 15 is 0 Å². The average Bonchev–Trinajstić information content (AvgIpc) is 3.41. The predicted molar refractivity (Wildman–Crippen MR) is 140 cm³/mol. The van der Waals surface area contributed by atoms with Crippen LogP contribution in [0.15, 0.2) is 79.0 Å². The van der Waals surface area contributed by atoms with E-state index < -0.39 is 17.3 Å². The first-order valence-corrected chi connectivity index (χ1v) is 11.9. The van der Waals surface area contributed by atoms with Crippen molar-refractivity contribution in [2.75, 3.05) is 12.0 Å². The zero-order valence-corrected chi connectivity index (χ0v) is 20.2. The molecule has 7 nitrogen and oxygen atoms in total. The summed E-state index contributed by atoms with van der Waals surface area (Å²) < 4.78 is 19.1. The van der Waals surface area contributed by atoms with Crippen molar-refractivity contribution >= 4 is 45.0 Å². The van der Waals surface area contributed by atoms with Crippen molar-refractivity contribution in [2.24, 2.45) is 0 Å². The summed E-state index contributed by atoms with van der Waals surface area (Å²) in [5.41, 5.74) is 2.29. The van der Waals surface area contributed by atoms with E-state index in [1.165, 1.54) is 17.0 Å². The molecule has 0 bridgehead atoms. The number of hydrogen-bond acceptors (Lipinski definition) is 4. The Kier molecular flexibility index (Phi) is 5.19. The number of aromatic nitrogens is 2. The molecule has 8 heteroatoms. The van der Waals surface area contributed by atoms with Crippen molar-refractivity contribution < 1.29 is 18.7 Å². The third-order valence-electron chi connectivity index (χ3n) is 7.04. The van der Waals surface area contributed by atoms with E-state index in [0.29, 0.717) is 22.7 Å². The molecule has 5 aromatic rings. The van der Waals surface area contributed by atoms with Gasteiger partial charge in [-0.25, -0.2) is 9.37 Å². The van der Waals surface area contributed by atoms with Crippen LogP contribution in [-0.4, -0.2) is 28.9 Å². The van der Waals surface area contributed by atoms with Gasteiger partial charge in [-0.3, -0.25) is 14.5 Å². The Morgan fingerprint density at radius 3 is 2.59 bits per heavy atom. The van der Waals surface area contributed by atoms with Crippen LogP contribution in [-0.2, 0) is 10.3 Å². The number of aromatic amines is 1. The minimum absolute atomic E-state index is 0.197. The van der Waals surface area contributed by atoms with Crippen LogP contribution in [0.25, 0.3) is 21.8 Å². The van der Waals surface area contributed by atoms with E-state index in [2.05, 4.69) is 15.3 Å². The number of amides is 2. The van der Waals surface area contributed by atoms with Gasteiger partial charge in [-0.1, -0.05) is 25.1 Å². The van der Waals surface area contributed by atoms with Crippen molar-refractivity contribution in [3.63, 3.8) is 0 Å². The average molecular weight is 495 g/mol. The first-order chi connectivity index (χ1) is 17.9. The van der Waals surface area contributed by atoms with Gasteiger partial charge in [0.25, 0.3) is 11.8 Å². The van der Waals surface area contributed by atoms with Crippen LogP contribution in [0.1, 0.15) is 29.4 Å². The normalized spacial score (nSPS) is 16.8. The van der Waals surface area contributed by atoms with Crippen molar-refractivity contribution in [2.45, 2.75) is 18.9 Å². The molecule has 2 N–H and O–H groups in total. The van der Waals surface area contributed by atoms with Gasteiger partial charge in [0.15, 0.2) is 0 Å². The molecule has 3 heterocycles. The van der Waals surface area contributed by atoms with Gasteiger partial charge >= 0.3 is 0 Å². The van der Waals surface area contributed by atoms with Crippen LogP contribution in [0.4, 0.5) is 15.8 Å². The van der Waals surface area contributed by atoms with Gasteiger partial charge in [0.05, 0.1) is 24.5 Å². The summed E-state index contributed by atoms with van der Waals surface area (Å²) in [5, 5.41) is 4.85. The van der Waals surface area contributed by atoms with Gasteiger partial charge < -0.3 is 15.0 Å². The van der Waals surface area contributed by atoms with Gasteiger partial charge in [-0.05, 0) is 61.0 Å². The number of para-hydroxylation sites is 1. The summed E-state index contributed by atoms with van der Waals surface area (Å²) in [6.07, 6.45) is 1.91. The van der Waals surface area contributed by atoms with E-state index in [1.807, 2.05) is 31.2 Å². The first-order valence-electron chi connectivity index (χ1n) is 11.9. The SMILES string of the molecule is CCC1(NC(=O)c2cc3c(cn2)[nH]c2ccccc23)C(=O)N(c2ccc(F)cc2)c2ccc(OC)cc21. The monoisotopic (exact) mass is 494 g/mol. The smallest absolute Gasteiger partial charge is 0.271 e. The molecule has 0 saturated heterocycles. The molecule has 2 amide bonds. The summed E-state index contributed by atoms with van der Waals surface area (Å²) in [4.78, 5) is 36.9. The Morgan fingerprint density at radius 1 is 1.05 bits per heavy atom. The number of hydrogen-bond donors (Lipinski definition) is 2. The molecular formula is C29H23FN4O3. The zero-order chi connectivity index (χ0) is 25.7. The highest BCUT2D eigenvalue weighted by molar-refractivity contribution is 6.15. The molecule has 0 fully saturated rings. The third-order valence-corrected chi connectivity index (χ3v) is 7.04. The lowest BCUT2D eigenvalue weighted by Gasteiger charge is -2.29. The molecule has 37 heavy (non-hydrogen) atoms. The van der Waals surface area contributed by atoms with Gasteiger partial charge in [-0.15, -0.1) is 0 Å². The number of benzene rings is 3. The fraction of sp³-hybridized carbons (Fsp3) is 0.138. The van der Waals surface area contributed by atoms with E-state index in [1.54, 1.807) is 49.7 Å². The Balaban J connectivity index is 1.45. The van der Waals surface area contributed by atoms with E-state index in [-0.39, 0.29) is 18.0 Å². The van der Waals surface area contributed by atoms with Crippen LogP contribution in [0, 0.1) is 5.82 Å². The topological polar surface area (TPSA) is 87.3 Å². The summed E-state index contributed by atoms with van der Waals surface area (Å²) >= 11 is 0. The molecule has 1 aliphatic rings. The summed E-state index contributed by atoms with van der Waals surface area (Å²) in [5.74, 6) is -0.666. The second-order valence-electron chi connectivity index (χ2n) is 9.00. The highest BCUT2D eigenvalue weighted by Crippen LogP contribution is 2.47. The maximum absolute atomic E-state index is 14.1. The number of anilines is 2. The summed E-state index contributed by atoms with van der Waals surface area (Å²) in [6, 6.07) is 20.5. The van der Waals surface area contributed by atoms with Crippen LogP contribution < -0.4 is 15.0 Å². The Morgan fingerprint density at radius 2 is 1.84 bits per heavy atom. The fourth-order valence-electron chi connectivity index (χ4n) is 5.12. The maximum Gasteiger partial charge on any atom is 0.271 e. The number of rotatable bonds is 5. The molecule has 2 aromatic heterocycles. The summed E-state index contributed by atoms with van der Waals surface area (Å²) in [7, 11) is 1.54. The zero-order valence-electron chi connectivity index (χ0n) is 20.2. The fourth-order valence-corrected chi connectivity index (χ4v) is 5.12. The number of methoxy groups -OCH3 is 1. The minimum Gasteiger partial charge on any atom is -0.497 e. The number of H-pyrrole nitrogens is 1. The van der Waals surface area contributed by atoms with Gasteiger partial charge in [-0.2, -0.15) is 0 Å². The standard InChI is InChI=1S/C29H23FN4O3/c1-3-29(33-27(35)24-15-21-20-6-4-5-7-23(20)32-25(21)16-31-24)22-14-19(37-2)12-13-26(22)34(28(29)36)18-10-8-17(30)9-11-18/h4-16,32H,3H2,1-2H3,(H,33,35). The number of nitrogens with zero attached hydrogens (tertiary/aromatic N) is 2. The molecule has 6 rings (SSSR count). The molecular weight excluding hydrogens is 471 g/mol. The molecule has 0 saturated carbocycles. The van der Waals surface area contributed by atoms with Crippen LogP contribution in [0.5, 0.6) is 5.75 Å². The molecule has 1 atom stereocenters. The van der Waals surface area contributed by atoms with Crippen molar-refractivity contribution in [1.29, 1.82) is 0 Å². The molecule has 0 radical (unpaired) electrons. The number of fused-ring (bicyclic) bond motifs is 4. The van der Waals surface area contributed by atoms with Crippen molar-refractivity contribution in [3.05, 3.63) is 96.1 Å². The van der Waals surface area contributed by atoms with Crippen LogP contribution in [0.3, 0.4) is 0 Å². The number of pyridine rings is 1. The van der Waals surface area contributed by atoms with E-state index in [0.717, 1.165) is 21.8 Å². The van der Waals surface area contributed by atoms with Crippen molar-refractivity contribution in [3.8, 4) is 5.75 Å². The molecule has 184 valence electrons.